The van der Waals surface area contributed by atoms with Gasteiger partial charge < -0.3 is 9.47 Å². The molecule has 0 spiro atoms. The van der Waals surface area contributed by atoms with Crippen LogP contribution in [0.25, 0.3) is 0 Å². The zero-order valence-corrected chi connectivity index (χ0v) is 13.5. The Balaban J connectivity index is 2.69. The minimum Gasteiger partial charge on any atom is -0.496 e. The van der Waals surface area contributed by atoms with Gasteiger partial charge in [-0.05, 0) is 24.3 Å². The summed E-state index contributed by atoms with van der Waals surface area (Å²) in [6, 6.07) is 8.08. The number of methoxy groups -OCH3 is 2. The zero-order valence-electron chi connectivity index (χ0n) is 11.2. The molecule has 0 N–H and O–H groups in total. The molecule has 0 fully saturated rings. The smallest absolute Gasteiger partial charge is 0.203 e. The van der Waals surface area contributed by atoms with Gasteiger partial charge in [0.05, 0.1) is 34.9 Å². The normalized spacial score (nSPS) is 10.3. The Labute approximate surface area is 137 Å². The van der Waals surface area contributed by atoms with Crippen LogP contribution in [0.1, 0.15) is 15.9 Å². The second-order valence-electron chi connectivity index (χ2n) is 4.08. The van der Waals surface area contributed by atoms with Crippen LogP contribution in [0.15, 0.2) is 30.3 Å². The largest absolute Gasteiger partial charge is 0.496 e. The van der Waals surface area contributed by atoms with Crippen LogP contribution in [-0.2, 0) is 0 Å². The van der Waals surface area contributed by atoms with Crippen LogP contribution in [0.2, 0.25) is 15.1 Å². The van der Waals surface area contributed by atoms with Crippen molar-refractivity contribution in [1.82, 2.24) is 0 Å². The molecule has 0 aliphatic rings. The topological polar surface area (TPSA) is 35.5 Å². The third kappa shape index (κ3) is 2.95. The second-order valence-corrected chi connectivity index (χ2v) is 5.28. The standard InChI is InChI=1S/C15H11Cl3O3/c1-20-10-4-3-5-11(21-2)13(10)15(19)12-8(16)6-7-9(17)14(12)18/h3-7H,1-2H3. The Kier molecular flexibility index (Phi) is 4.99. The molecule has 0 bridgehead atoms. The monoisotopic (exact) mass is 344 g/mol. The third-order valence-electron chi connectivity index (χ3n) is 2.93. The van der Waals surface area contributed by atoms with Crippen molar-refractivity contribution >= 4 is 40.6 Å². The SMILES string of the molecule is COc1cccc(OC)c1C(=O)c1c(Cl)ccc(Cl)c1Cl. The minimum absolute atomic E-state index is 0.0992. The molecule has 0 radical (unpaired) electrons. The molecule has 0 aliphatic heterocycles. The first-order valence-electron chi connectivity index (χ1n) is 5.90. The van der Waals surface area contributed by atoms with Crippen molar-refractivity contribution in [2.24, 2.45) is 0 Å². The molecule has 2 aromatic carbocycles. The third-order valence-corrected chi connectivity index (χ3v) is 4.05. The molecule has 0 amide bonds. The van der Waals surface area contributed by atoms with Gasteiger partial charge in [-0.2, -0.15) is 0 Å². The first-order chi connectivity index (χ1) is 10.0. The van der Waals surface area contributed by atoms with Crippen LogP contribution < -0.4 is 9.47 Å². The summed E-state index contributed by atoms with van der Waals surface area (Å²) in [5.74, 6) is 0.319. The average molecular weight is 346 g/mol. The van der Waals surface area contributed by atoms with Crippen LogP contribution in [0, 0.1) is 0 Å². The lowest BCUT2D eigenvalue weighted by Gasteiger charge is -2.14. The molecular formula is C15H11Cl3O3. The second kappa shape index (κ2) is 6.56. The lowest BCUT2D eigenvalue weighted by molar-refractivity contribution is 0.103. The predicted octanol–water partition coefficient (Wildman–Crippen LogP) is 4.90. The van der Waals surface area contributed by atoms with Crippen molar-refractivity contribution in [3.05, 3.63) is 56.5 Å². The number of hydrogen-bond donors (Lipinski definition) is 0. The van der Waals surface area contributed by atoms with E-state index >= 15 is 0 Å². The van der Waals surface area contributed by atoms with Crippen LogP contribution in [-0.4, -0.2) is 20.0 Å². The van der Waals surface area contributed by atoms with Gasteiger partial charge in [0.1, 0.15) is 17.1 Å². The fourth-order valence-corrected chi connectivity index (χ4v) is 2.63. The van der Waals surface area contributed by atoms with E-state index in [1.807, 2.05) is 0 Å². The first-order valence-corrected chi connectivity index (χ1v) is 7.03. The fraction of sp³-hybridized carbons (Fsp3) is 0.133. The maximum absolute atomic E-state index is 12.8. The lowest BCUT2D eigenvalue weighted by atomic mass is 10.0. The summed E-state index contributed by atoms with van der Waals surface area (Å²) in [6.45, 7) is 0. The highest BCUT2D eigenvalue weighted by Gasteiger charge is 2.25. The molecule has 2 aromatic rings. The van der Waals surface area contributed by atoms with E-state index in [0.29, 0.717) is 11.5 Å². The summed E-state index contributed by atoms with van der Waals surface area (Å²) in [7, 11) is 2.93. The van der Waals surface area contributed by atoms with Gasteiger partial charge in [0.15, 0.2) is 0 Å². The van der Waals surface area contributed by atoms with Crippen LogP contribution in [0.4, 0.5) is 0 Å². The number of benzene rings is 2. The Morgan fingerprint density at radius 3 is 1.90 bits per heavy atom. The number of ether oxygens (including phenoxy) is 2. The summed E-state index contributed by atoms with van der Waals surface area (Å²) in [6.07, 6.45) is 0. The van der Waals surface area contributed by atoms with Crippen molar-refractivity contribution in [2.45, 2.75) is 0 Å². The van der Waals surface area contributed by atoms with E-state index in [4.69, 9.17) is 44.3 Å². The summed E-state index contributed by atoms with van der Waals surface area (Å²) in [4.78, 5) is 12.8. The average Bonchev–Trinajstić information content (AvgIpc) is 2.50. The number of rotatable bonds is 4. The summed E-state index contributed by atoms with van der Waals surface area (Å²) in [5.41, 5.74) is 0.363. The Bertz CT molecular complexity index is 677. The van der Waals surface area contributed by atoms with E-state index in [2.05, 4.69) is 0 Å². The molecule has 110 valence electrons. The Morgan fingerprint density at radius 2 is 1.38 bits per heavy atom. The fourth-order valence-electron chi connectivity index (χ4n) is 1.94. The molecule has 3 nitrogen and oxygen atoms in total. The molecule has 0 heterocycles. The molecule has 0 unspecified atom stereocenters. The van der Waals surface area contributed by atoms with Crippen molar-refractivity contribution in [2.75, 3.05) is 14.2 Å². The van der Waals surface area contributed by atoms with Crippen molar-refractivity contribution in [3.63, 3.8) is 0 Å². The highest BCUT2D eigenvalue weighted by Crippen LogP contribution is 2.37. The summed E-state index contributed by atoms with van der Waals surface area (Å²) < 4.78 is 10.4. The molecule has 0 aliphatic carbocycles. The van der Waals surface area contributed by atoms with Gasteiger partial charge in [-0.1, -0.05) is 40.9 Å². The molecule has 2 rings (SSSR count). The van der Waals surface area contributed by atoms with Crippen LogP contribution >= 0.6 is 34.8 Å². The molecular weight excluding hydrogens is 335 g/mol. The van der Waals surface area contributed by atoms with Gasteiger partial charge >= 0.3 is 0 Å². The van der Waals surface area contributed by atoms with Gasteiger partial charge in [0, 0.05) is 0 Å². The summed E-state index contributed by atoms with van der Waals surface area (Å²) in [5, 5.41) is 0.558. The van der Waals surface area contributed by atoms with Crippen LogP contribution in [0.3, 0.4) is 0 Å². The van der Waals surface area contributed by atoms with Gasteiger partial charge in [-0.15, -0.1) is 0 Å². The maximum atomic E-state index is 12.8. The number of halogens is 3. The van der Waals surface area contributed by atoms with Gasteiger partial charge in [0.2, 0.25) is 5.78 Å². The minimum atomic E-state index is -0.415. The van der Waals surface area contributed by atoms with E-state index in [9.17, 15) is 4.79 Å². The molecule has 0 atom stereocenters. The Hall–Kier alpha value is -1.42. The predicted molar refractivity (Wildman–Crippen MR) is 84.5 cm³/mol. The number of ketones is 1. The van der Waals surface area contributed by atoms with Gasteiger partial charge in [-0.3, -0.25) is 4.79 Å². The van der Waals surface area contributed by atoms with E-state index in [0.717, 1.165) is 0 Å². The van der Waals surface area contributed by atoms with Crippen molar-refractivity contribution < 1.29 is 14.3 Å². The van der Waals surface area contributed by atoms with Crippen molar-refractivity contribution in [1.29, 1.82) is 0 Å². The van der Waals surface area contributed by atoms with E-state index < -0.39 is 5.78 Å². The van der Waals surface area contributed by atoms with E-state index in [-0.39, 0.29) is 26.2 Å². The molecule has 0 saturated heterocycles. The molecule has 21 heavy (non-hydrogen) atoms. The van der Waals surface area contributed by atoms with Gasteiger partial charge in [-0.25, -0.2) is 0 Å². The first kappa shape index (κ1) is 16.0. The van der Waals surface area contributed by atoms with Gasteiger partial charge in [0.25, 0.3) is 0 Å². The lowest BCUT2D eigenvalue weighted by Crippen LogP contribution is -2.08. The van der Waals surface area contributed by atoms with Crippen molar-refractivity contribution in [3.8, 4) is 11.5 Å². The van der Waals surface area contributed by atoms with E-state index in [1.54, 1.807) is 18.2 Å². The highest BCUT2D eigenvalue weighted by molar-refractivity contribution is 6.47. The summed E-state index contributed by atoms with van der Waals surface area (Å²) >= 11 is 18.2. The highest BCUT2D eigenvalue weighted by atomic mass is 35.5. The molecule has 0 aromatic heterocycles. The number of carbonyl (C=O) groups excluding carboxylic acids is 1. The number of hydrogen-bond acceptors (Lipinski definition) is 3. The number of carbonyl (C=O) groups is 1. The molecule has 0 saturated carbocycles. The van der Waals surface area contributed by atoms with E-state index in [1.165, 1.54) is 26.4 Å². The Morgan fingerprint density at radius 1 is 0.857 bits per heavy atom. The quantitative estimate of drug-likeness (QED) is 0.584. The maximum Gasteiger partial charge on any atom is 0.203 e. The van der Waals surface area contributed by atoms with Crippen LogP contribution in [0.5, 0.6) is 11.5 Å². The molecule has 6 heteroatoms. The zero-order chi connectivity index (χ0) is 15.6.